The Morgan fingerprint density at radius 2 is 2.00 bits per heavy atom. The Kier molecular flexibility index (Phi) is 5.39. The van der Waals surface area contributed by atoms with E-state index in [1.807, 2.05) is 23.6 Å². The van der Waals surface area contributed by atoms with Gasteiger partial charge in [-0.25, -0.2) is 4.98 Å². The molecule has 1 saturated heterocycles. The summed E-state index contributed by atoms with van der Waals surface area (Å²) in [6.07, 6.45) is 2.10. The molecule has 0 radical (unpaired) electrons. The number of hydrogen-bond donors (Lipinski definition) is 1. The topological polar surface area (TPSA) is 73.7 Å². The first-order valence-electron chi connectivity index (χ1n) is 7.58. The maximum atomic E-state index is 12.4. The fourth-order valence-electron chi connectivity index (χ4n) is 2.44. The molecule has 1 aromatic rings. The Morgan fingerprint density at radius 3 is 2.50 bits per heavy atom. The van der Waals surface area contributed by atoms with E-state index in [1.54, 1.807) is 6.92 Å². The Morgan fingerprint density at radius 1 is 1.36 bits per heavy atom. The number of rotatable bonds is 6. The highest BCUT2D eigenvalue weighted by Gasteiger charge is 2.25. The third-order valence-corrected chi connectivity index (χ3v) is 5.12. The fraction of sp³-hybridized carbons (Fsp3) is 0.667. The molecule has 7 heteroatoms. The van der Waals surface area contributed by atoms with Crippen molar-refractivity contribution in [2.45, 2.75) is 33.6 Å². The van der Waals surface area contributed by atoms with Crippen molar-refractivity contribution >= 4 is 28.3 Å². The molecule has 2 rings (SSSR count). The lowest BCUT2D eigenvalue weighted by Gasteiger charge is -2.25. The largest absolute Gasteiger partial charge is 0.481 e. The molecule has 0 bridgehead atoms. The van der Waals surface area contributed by atoms with Crippen LogP contribution in [0, 0.1) is 19.8 Å². The zero-order valence-electron chi connectivity index (χ0n) is 13.3. The van der Waals surface area contributed by atoms with E-state index in [4.69, 9.17) is 5.11 Å². The molecule has 1 unspecified atom stereocenters. The zero-order valence-corrected chi connectivity index (χ0v) is 14.2. The molecule has 6 nitrogen and oxygen atoms in total. The third-order valence-electron chi connectivity index (χ3n) is 3.99. The average Bonchev–Trinajstić information content (AvgIpc) is 3.08. The van der Waals surface area contributed by atoms with Crippen molar-refractivity contribution in [1.29, 1.82) is 0 Å². The van der Waals surface area contributed by atoms with Gasteiger partial charge in [-0.1, -0.05) is 6.92 Å². The summed E-state index contributed by atoms with van der Waals surface area (Å²) in [4.78, 5) is 32.8. The van der Waals surface area contributed by atoms with Crippen LogP contribution in [0.5, 0.6) is 0 Å². The highest BCUT2D eigenvalue weighted by atomic mass is 32.1. The van der Waals surface area contributed by atoms with E-state index in [0.717, 1.165) is 41.6 Å². The molecule has 1 N–H and O–H groups in total. The molecule has 0 aromatic carbocycles. The monoisotopic (exact) mass is 325 g/mol. The highest BCUT2D eigenvalue weighted by molar-refractivity contribution is 7.15. The smallest absolute Gasteiger partial charge is 0.308 e. The minimum absolute atomic E-state index is 0.0561. The summed E-state index contributed by atoms with van der Waals surface area (Å²) in [5, 5.41) is 9.88. The molecule has 2 heterocycles. The minimum Gasteiger partial charge on any atom is -0.481 e. The molecule has 1 aliphatic heterocycles. The Balaban J connectivity index is 2.13. The summed E-state index contributed by atoms with van der Waals surface area (Å²) in [5.41, 5.74) is 0.932. The summed E-state index contributed by atoms with van der Waals surface area (Å²) in [5.74, 6) is -1.35. The quantitative estimate of drug-likeness (QED) is 0.865. The standard InChI is InChI=1S/C15H23N3O3S/c1-10(14(20)21)8-18(15-16-11(2)12(3)22-15)9-13(19)17-6-4-5-7-17/h10H,4-9H2,1-3H3,(H,20,21). The maximum absolute atomic E-state index is 12.4. The van der Waals surface area contributed by atoms with Crippen molar-refractivity contribution in [1.82, 2.24) is 9.88 Å². The summed E-state index contributed by atoms with van der Waals surface area (Å²) < 4.78 is 0. The number of hydrogen-bond acceptors (Lipinski definition) is 5. The van der Waals surface area contributed by atoms with Crippen LogP contribution >= 0.6 is 11.3 Å². The number of aliphatic carboxylic acids is 1. The van der Waals surface area contributed by atoms with E-state index in [2.05, 4.69) is 4.98 Å². The van der Waals surface area contributed by atoms with Gasteiger partial charge in [0.1, 0.15) is 0 Å². The number of thiazole rings is 1. The first-order valence-corrected chi connectivity index (χ1v) is 8.39. The fourth-order valence-corrected chi connectivity index (χ4v) is 3.36. The van der Waals surface area contributed by atoms with Gasteiger partial charge >= 0.3 is 5.97 Å². The summed E-state index contributed by atoms with van der Waals surface area (Å²) >= 11 is 1.51. The number of aryl methyl sites for hydroxylation is 2. The van der Waals surface area contributed by atoms with Gasteiger partial charge in [0, 0.05) is 24.5 Å². The van der Waals surface area contributed by atoms with Crippen LogP contribution < -0.4 is 4.90 Å². The second kappa shape index (κ2) is 7.09. The lowest BCUT2D eigenvalue weighted by atomic mass is 10.2. The number of carbonyl (C=O) groups is 2. The SMILES string of the molecule is Cc1nc(N(CC(=O)N2CCCC2)CC(C)C(=O)O)sc1C. The van der Waals surface area contributed by atoms with Gasteiger partial charge in [-0.15, -0.1) is 11.3 Å². The summed E-state index contributed by atoms with van der Waals surface area (Å²) in [6, 6.07) is 0. The lowest BCUT2D eigenvalue weighted by molar-refractivity contribution is -0.141. The molecule has 0 saturated carbocycles. The number of amides is 1. The van der Waals surface area contributed by atoms with E-state index in [9.17, 15) is 9.59 Å². The van der Waals surface area contributed by atoms with Gasteiger partial charge in [0.25, 0.3) is 0 Å². The number of anilines is 1. The molecule has 1 fully saturated rings. The van der Waals surface area contributed by atoms with Crippen LogP contribution in [0.2, 0.25) is 0 Å². The van der Waals surface area contributed by atoms with Crippen LogP contribution in [0.3, 0.4) is 0 Å². The number of aromatic nitrogens is 1. The van der Waals surface area contributed by atoms with Crippen molar-refractivity contribution in [2.75, 3.05) is 31.1 Å². The molecule has 1 aliphatic rings. The number of likely N-dealkylation sites (tertiary alicyclic amines) is 1. The maximum Gasteiger partial charge on any atom is 0.308 e. The van der Waals surface area contributed by atoms with E-state index in [1.165, 1.54) is 11.3 Å². The van der Waals surface area contributed by atoms with Crippen molar-refractivity contribution in [2.24, 2.45) is 5.92 Å². The van der Waals surface area contributed by atoms with E-state index in [0.29, 0.717) is 6.54 Å². The first kappa shape index (κ1) is 16.7. The Bertz CT molecular complexity index is 533. The van der Waals surface area contributed by atoms with E-state index < -0.39 is 11.9 Å². The summed E-state index contributed by atoms with van der Waals surface area (Å²) in [6.45, 7) is 7.66. The second-order valence-corrected chi connectivity index (χ2v) is 7.03. The van der Waals surface area contributed by atoms with Crippen LogP contribution in [0.15, 0.2) is 0 Å². The number of carboxylic acid groups (broad SMARTS) is 1. The number of nitrogens with zero attached hydrogens (tertiary/aromatic N) is 3. The normalized spacial score (nSPS) is 15.9. The van der Waals surface area contributed by atoms with Crippen molar-refractivity contribution in [3.8, 4) is 0 Å². The van der Waals surface area contributed by atoms with Gasteiger partial charge in [-0.05, 0) is 26.7 Å². The van der Waals surface area contributed by atoms with Crippen molar-refractivity contribution < 1.29 is 14.7 Å². The van der Waals surface area contributed by atoms with Gasteiger partial charge in [0.05, 0.1) is 18.2 Å². The van der Waals surface area contributed by atoms with Crippen LogP contribution in [-0.2, 0) is 9.59 Å². The molecule has 22 heavy (non-hydrogen) atoms. The Labute approximate surface area is 134 Å². The predicted molar refractivity (Wildman–Crippen MR) is 86.4 cm³/mol. The van der Waals surface area contributed by atoms with Crippen LogP contribution in [0.25, 0.3) is 0 Å². The van der Waals surface area contributed by atoms with Gasteiger partial charge in [-0.3, -0.25) is 9.59 Å². The summed E-state index contributed by atoms with van der Waals surface area (Å²) in [7, 11) is 0. The Hall–Kier alpha value is -1.63. The second-order valence-electron chi connectivity index (χ2n) is 5.85. The van der Waals surface area contributed by atoms with Crippen molar-refractivity contribution in [3.05, 3.63) is 10.6 Å². The average molecular weight is 325 g/mol. The number of carboxylic acids is 1. The van der Waals surface area contributed by atoms with Gasteiger partial charge in [0.15, 0.2) is 5.13 Å². The van der Waals surface area contributed by atoms with Crippen molar-refractivity contribution in [3.63, 3.8) is 0 Å². The van der Waals surface area contributed by atoms with Gasteiger partial charge in [-0.2, -0.15) is 0 Å². The number of carbonyl (C=O) groups excluding carboxylic acids is 1. The van der Waals surface area contributed by atoms with Gasteiger partial charge < -0.3 is 14.9 Å². The molecule has 0 aliphatic carbocycles. The molecule has 1 aromatic heterocycles. The van der Waals surface area contributed by atoms with E-state index >= 15 is 0 Å². The molecule has 0 spiro atoms. The zero-order chi connectivity index (χ0) is 16.3. The molecular formula is C15H23N3O3S. The predicted octanol–water partition coefficient (Wildman–Crippen LogP) is 1.91. The molecular weight excluding hydrogens is 302 g/mol. The van der Waals surface area contributed by atoms with Crippen LogP contribution in [0.4, 0.5) is 5.13 Å². The van der Waals surface area contributed by atoms with E-state index in [-0.39, 0.29) is 12.5 Å². The molecule has 1 atom stereocenters. The molecule has 122 valence electrons. The lowest BCUT2D eigenvalue weighted by Crippen LogP contribution is -2.41. The minimum atomic E-state index is -0.858. The third kappa shape index (κ3) is 3.97. The highest BCUT2D eigenvalue weighted by Crippen LogP contribution is 2.26. The molecule has 1 amide bonds. The van der Waals surface area contributed by atoms with Crippen LogP contribution in [-0.4, -0.2) is 53.0 Å². The van der Waals surface area contributed by atoms with Gasteiger partial charge in [0.2, 0.25) is 5.91 Å². The first-order chi connectivity index (χ1) is 10.4. The van der Waals surface area contributed by atoms with Crippen LogP contribution in [0.1, 0.15) is 30.3 Å².